The number of anilines is 2. The number of hydrogen-bond donors (Lipinski definition) is 0. The molecule has 2 aliphatic heterocycles. The average Bonchev–Trinajstić information content (AvgIpc) is 2.85. The molecule has 0 radical (unpaired) electrons. The van der Waals surface area contributed by atoms with Crippen LogP contribution in [-0.2, 0) is 0 Å². The quantitative estimate of drug-likeness (QED) is 0.635. The minimum absolute atomic E-state index is 0.961. The lowest BCUT2D eigenvalue weighted by Gasteiger charge is -2.34. The van der Waals surface area contributed by atoms with Crippen LogP contribution in [0.2, 0.25) is 0 Å². The van der Waals surface area contributed by atoms with Gasteiger partial charge in [0.25, 0.3) is 0 Å². The number of hydrogen-bond acceptors (Lipinski definition) is 6. The Morgan fingerprint density at radius 1 is 0.531 bits per heavy atom. The van der Waals surface area contributed by atoms with Gasteiger partial charge in [0.1, 0.15) is 6.33 Å². The Kier molecular flexibility index (Phi) is 6.06. The van der Waals surface area contributed by atoms with Crippen LogP contribution in [0.15, 0.2) is 60.9 Å². The predicted octanol–water partition coefficient (Wildman–Crippen LogP) is 3.31. The van der Waals surface area contributed by atoms with Crippen molar-refractivity contribution in [2.75, 3.05) is 76.3 Å². The average molecular weight is 429 g/mol. The van der Waals surface area contributed by atoms with E-state index in [0.717, 1.165) is 74.9 Å². The molecule has 3 aromatic rings. The van der Waals surface area contributed by atoms with Crippen molar-refractivity contribution in [3.05, 3.63) is 60.9 Å². The minimum atomic E-state index is 0.961. The maximum absolute atomic E-state index is 4.54. The molecule has 0 bridgehead atoms. The molecule has 0 atom stereocenters. The Morgan fingerprint density at radius 3 is 1.28 bits per heavy atom. The molecule has 2 fully saturated rings. The summed E-state index contributed by atoms with van der Waals surface area (Å²) in [6, 6.07) is 19.7. The van der Waals surface area contributed by atoms with Crippen LogP contribution in [0.4, 0.5) is 11.4 Å². The van der Waals surface area contributed by atoms with Crippen molar-refractivity contribution in [2.24, 2.45) is 0 Å². The number of rotatable bonds is 4. The fraction of sp³-hybridized carbons (Fsp3) is 0.385. The molecule has 6 nitrogen and oxygen atoms in total. The lowest BCUT2D eigenvalue weighted by molar-refractivity contribution is 0.313. The maximum atomic E-state index is 4.54. The molecule has 0 unspecified atom stereocenters. The Morgan fingerprint density at radius 2 is 0.906 bits per heavy atom. The van der Waals surface area contributed by atoms with E-state index in [1.165, 1.54) is 11.4 Å². The molecule has 6 heteroatoms. The van der Waals surface area contributed by atoms with Gasteiger partial charge in [-0.05, 0) is 44.4 Å². The molecule has 2 aromatic carbocycles. The van der Waals surface area contributed by atoms with Gasteiger partial charge in [0.2, 0.25) is 0 Å². The number of benzene rings is 2. The van der Waals surface area contributed by atoms with Gasteiger partial charge in [0, 0.05) is 74.9 Å². The predicted molar refractivity (Wildman–Crippen MR) is 132 cm³/mol. The van der Waals surface area contributed by atoms with Crippen molar-refractivity contribution in [3.63, 3.8) is 0 Å². The number of aromatic nitrogens is 2. The van der Waals surface area contributed by atoms with Gasteiger partial charge in [-0.1, -0.05) is 24.3 Å². The van der Waals surface area contributed by atoms with E-state index in [0.29, 0.717) is 0 Å². The highest BCUT2D eigenvalue weighted by atomic mass is 15.3. The first-order valence-corrected chi connectivity index (χ1v) is 11.6. The fourth-order valence-electron chi connectivity index (χ4n) is 4.49. The van der Waals surface area contributed by atoms with Gasteiger partial charge in [0.15, 0.2) is 0 Å². The molecule has 0 amide bonds. The van der Waals surface area contributed by atoms with E-state index in [1.807, 2.05) is 0 Å². The second-order valence-corrected chi connectivity index (χ2v) is 8.96. The van der Waals surface area contributed by atoms with Gasteiger partial charge < -0.3 is 19.6 Å². The molecule has 0 spiro atoms. The topological polar surface area (TPSA) is 38.7 Å². The molecule has 1 aromatic heterocycles. The third-order valence-corrected chi connectivity index (χ3v) is 6.73. The summed E-state index contributed by atoms with van der Waals surface area (Å²) in [5, 5.41) is 0. The van der Waals surface area contributed by atoms with Crippen LogP contribution in [-0.4, -0.2) is 86.2 Å². The molecule has 32 heavy (non-hydrogen) atoms. The zero-order chi connectivity index (χ0) is 21.9. The maximum Gasteiger partial charge on any atom is 0.116 e. The van der Waals surface area contributed by atoms with Crippen molar-refractivity contribution in [1.82, 2.24) is 19.8 Å². The van der Waals surface area contributed by atoms with Crippen LogP contribution >= 0.6 is 0 Å². The fourth-order valence-corrected chi connectivity index (χ4v) is 4.49. The van der Waals surface area contributed by atoms with Crippen LogP contribution in [0, 0.1) is 0 Å². The summed E-state index contributed by atoms with van der Waals surface area (Å²) < 4.78 is 0. The molecular weight excluding hydrogens is 396 g/mol. The van der Waals surface area contributed by atoms with E-state index >= 15 is 0 Å². The lowest BCUT2D eigenvalue weighted by atomic mass is 10.1. The number of piperazine rings is 2. The van der Waals surface area contributed by atoms with Gasteiger partial charge in [0.05, 0.1) is 11.4 Å². The van der Waals surface area contributed by atoms with Crippen molar-refractivity contribution >= 4 is 11.4 Å². The van der Waals surface area contributed by atoms with Crippen LogP contribution in [0.3, 0.4) is 0 Å². The number of nitrogens with zero attached hydrogens (tertiary/aromatic N) is 6. The van der Waals surface area contributed by atoms with Crippen molar-refractivity contribution in [2.45, 2.75) is 0 Å². The Labute approximate surface area is 191 Å². The Bertz CT molecular complexity index is 936. The largest absolute Gasteiger partial charge is 0.369 e. The van der Waals surface area contributed by atoms with Gasteiger partial charge in [-0.15, -0.1) is 0 Å². The summed E-state index contributed by atoms with van der Waals surface area (Å²) in [4.78, 5) is 18.8. The van der Waals surface area contributed by atoms with Crippen LogP contribution < -0.4 is 9.80 Å². The van der Waals surface area contributed by atoms with E-state index in [-0.39, 0.29) is 0 Å². The minimum Gasteiger partial charge on any atom is -0.369 e. The smallest absolute Gasteiger partial charge is 0.116 e. The highest BCUT2D eigenvalue weighted by molar-refractivity contribution is 5.70. The third kappa shape index (κ3) is 4.61. The van der Waals surface area contributed by atoms with Crippen LogP contribution in [0.1, 0.15) is 0 Å². The Hall–Kier alpha value is -2.96. The normalized spacial score (nSPS) is 18.2. The van der Waals surface area contributed by atoms with E-state index in [9.17, 15) is 0 Å². The van der Waals surface area contributed by atoms with Gasteiger partial charge >= 0.3 is 0 Å². The summed E-state index contributed by atoms with van der Waals surface area (Å²) in [7, 11) is 4.38. The summed E-state index contributed by atoms with van der Waals surface area (Å²) in [6.45, 7) is 8.79. The van der Waals surface area contributed by atoms with Crippen molar-refractivity contribution < 1.29 is 0 Å². The van der Waals surface area contributed by atoms with Gasteiger partial charge in [-0.2, -0.15) is 0 Å². The first kappa shape index (κ1) is 20.9. The van der Waals surface area contributed by atoms with E-state index in [1.54, 1.807) is 6.33 Å². The lowest BCUT2D eigenvalue weighted by Crippen LogP contribution is -2.44. The van der Waals surface area contributed by atoms with Crippen molar-refractivity contribution in [3.8, 4) is 22.5 Å². The van der Waals surface area contributed by atoms with Crippen LogP contribution in [0.5, 0.6) is 0 Å². The second kappa shape index (κ2) is 9.27. The van der Waals surface area contributed by atoms with Crippen molar-refractivity contribution in [1.29, 1.82) is 0 Å². The molecule has 3 heterocycles. The Balaban J connectivity index is 1.30. The monoisotopic (exact) mass is 428 g/mol. The molecular formula is C26H32N6. The first-order chi connectivity index (χ1) is 15.7. The summed E-state index contributed by atoms with van der Waals surface area (Å²) in [5.41, 5.74) is 6.75. The highest BCUT2D eigenvalue weighted by Gasteiger charge is 2.15. The van der Waals surface area contributed by atoms with E-state index in [4.69, 9.17) is 0 Å². The SMILES string of the molecule is CN1CCN(c2ccc(-c3cc(-c4ccc(N5CCN(C)CC5)cc4)ncn3)cc2)CC1. The molecule has 166 valence electrons. The molecule has 0 saturated carbocycles. The molecule has 5 rings (SSSR count). The highest BCUT2D eigenvalue weighted by Crippen LogP contribution is 2.27. The molecule has 2 saturated heterocycles. The third-order valence-electron chi connectivity index (χ3n) is 6.73. The zero-order valence-corrected chi connectivity index (χ0v) is 19.1. The molecule has 2 aliphatic rings. The number of likely N-dealkylation sites (N-methyl/N-ethyl adjacent to an activating group) is 2. The summed E-state index contributed by atoms with van der Waals surface area (Å²) in [6.07, 6.45) is 1.67. The summed E-state index contributed by atoms with van der Waals surface area (Å²) >= 11 is 0. The van der Waals surface area contributed by atoms with Gasteiger partial charge in [-0.3, -0.25) is 0 Å². The first-order valence-electron chi connectivity index (χ1n) is 11.6. The van der Waals surface area contributed by atoms with E-state index in [2.05, 4.69) is 98.3 Å². The second-order valence-electron chi connectivity index (χ2n) is 8.96. The zero-order valence-electron chi connectivity index (χ0n) is 19.1. The molecule has 0 aliphatic carbocycles. The standard InChI is InChI=1S/C26H32N6/c1-29-11-15-31(16-12-29)23-7-3-21(4-8-23)25-19-26(28-20-27-25)22-5-9-24(10-6-22)32-17-13-30(2)14-18-32/h3-10,19-20H,11-18H2,1-2H3. The van der Waals surface area contributed by atoms with Crippen LogP contribution in [0.25, 0.3) is 22.5 Å². The van der Waals surface area contributed by atoms with E-state index < -0.39 is 0 Å². The molecule has 0 N–H and O–H groups in total. The van der Waals surface area contributed by atoms with Gasteiger partial charge in [-0.25, -0.2) is 9.97 Å². The summed E-state index contributed by atoms with van der Waals surface area (Å²) in [5.74, 6) is 0.